The number of pyridine rings is 1. The topological polar surface area (TPSA) is 69.4 Å². The lowest BCUT2D eigenvalue weighted by Gasteiger charge is -2.03. The number of aromatic nitrogens is 6. The molecule has 6 heteroatoms. The molecule has 4 rings (SSSR count). The molecule has 0 saturated carbocycles. The summed E-state index contributed by atoms with van der Waals surface area (Å²) >= 11 is 0. The van der Waals surface area contributed by atoms with Crippen molar-refractivity contribution in [2.24, 2.45) is 0 Å². The minimum atomic E-state index is 0.645. The van der Waals surface area contributed by atoms with Crippen LogP contribution >= 0.6 is 0 Å². The largest absolute Gasteiger partial charge is 0.236 e. The highest BCUT2D eigenvalue weighted by molar-refractivity contribution is 5.85. The summed E-state index contributed by atoms with van der Waals surface area (Å²) in [5.41, 5.74) is 2.39. The van der Waals surface area contributed by atoms with Gasteiger partial charge in [0, 0.05) is 6.20 Å². The lowest BCUT2D eigenvalue weighted by Crippen LogP contribution is -2.02. The van der Waals surface area contributed by atoms with E-state index in [1.54, 1.807) is 10.9 Å². The molecule has 0 saturated heterocycles. The smallest absolute Gasteiger partial charge is 0.168 e. The first-order valence-electron chi connectivity index (χ1n) is 5.80. The highest BCUT2D eigenvalue weighted by atomic mass is 15.4. The van der Waals surface area contributed by atoms with Crippen molar-refractivity contribution in [2.75, 3.05) is 0 Å². The van der Waals surface area contributed by atoms with Crippen molar-refractivity contribution in [1.82, 2.24) is 29.9 Å². The molecule has 90 valence electrons. The molecule has 19 heavy (non-hydrogen) atoms. The van der Waals surface area contributed by atoms with Crippen LogP contribution in [0.4, 0.5) is 0 Å². The molecule has 6 nitrogen and oxygen atoms in total. The van der Waals surface area contributed by atoms with E-state index in [0.29, 0.717) is 11.5 Å². The number of nitrogens with zero attached hydrogens (tertiary/aromatic N) is 6. The fraction of sp³-hybridized carbons (Fsp3) is 0. The Labute approximate surface area is 107 Å². The molecule has 0 bridgehead atoms. The van der Waals surface area contributed by atoms with Gasteiger partial charge in [0.15, 0.2) is 11.5 Å². The average molecular weight is 248 g/mol. The Kier molecular flexibility index (Phi) is 2.02. The van der Waals surface area contributed by atoms with Crippen LogP contribution in [0.25, 0.3) is 27.9 Å². The fourth-order valence-corrected chi connectivity index (χ4v) is 2.08. The Bertz CT molecular complexity index is 877. The molecular formula is C13H8N6. The number of hydrogen-bond donors (Lipinski definition) is 0. The van der Waals surface area contributed by atoms with E-state index in [-0.39, 0.29) is 0 Å². The molecule has 0 radical (unpaired) electrons. The van der Waals surface area contributed by atoms with Gasteiger partial charge in [0.25, 0.3) is 0 Å². The summed E-state index contributed by atoms with van der Waals surface area (Å²) in [5, 5.41) is 9.15. The first kappa shape index (κ1) is 10.1. The Balaban J connectivity index is 2.10. The predicted octanol–water partition coefficient (Wildman–Crippen LogP) is 1.76. The third-order valence-corrected chi connectivity index (χ3v) is 2.94. The summed E-state index contributed by atoms with van der Waals surface area (Å²) < 4.78 is 1.71. The third kappa shape index (κ3) is 1.46. The van der Waals surface area contributed by atoms with Crippen molar-refractivity contribution in [3.05, 3.63) is 48.9 Å². The van der Waals surface area contributed by atoms with Gasteiger partial charge in [-0.05, 0) is 24.3 Å². The lowest BCUT2D eigenvalue weighted by atomic mass is 10.3. The third-order valence-electron chi connectivity index (χ3n) is 2.94. The second kappa shape index (κ2) is 3.81. The molecule has 1 aromatic carbocycles. The summed E-state index contributed by atoms with van der Waals surface area (Å²) in [6, 6.07) is 11.5. The molecule has 0 fully saturated rings. The maximum Gasteiger partial charge on any atom is 0.168 e. The van der Waals surface area contributed by atoms with E-state index in [1.807, 2.05) is 36.4 Å². The summed E-state index contributed by atoms with van der Waals surface area (Å²) in [5.74, 6) is 0.687. The number of para-hydroxylation sites is 1. The molecule has 0 unspecified atom stereocenters. The van der Waals surface area contributed by atoms with Gasteiger partial charge in [-0.3, -0.25) is 0 Å². The van der Waals surface area contributed by atoms with E-state index in [2.05, 4.69) is 25.3 Å². The van der Waals surface area contributed by atoms with Gasteiger partial charge in [0.2, 0.25) is 0 Å². The van der Waals surface area contributed by atoms with Gasteiger partial charge >= 0.3 is 0 Å². The van der Waals surface area contributed by atoms with Crippen molar-refractivity contribution in [3.63, 3.8) is 0 Å². The summed E-state index contributed by atoms with van der Waals surface area (Å²) in [7, 11) is 0. The predicted molar refractivity (Wildman–Crippen MR) is 69.8 cm³/mol. The molecular weight excluding hydrogens is 240 g/mol. The van der Waals surface area contributed by atoms with Gasteiger partial charge in [0.05, 0.1) is 10.9 Å². The second-order valence-corrected chi connectivity index (χ2v) is 4.06. The quantitative estimate of drug-likeness (QED) is 0.513. The highest BCUT2D eigenvalue weighted by Gasteiger charge is 2.10. The van der Waals surface area contributed by atoms with Gasteiger partial charge in [-0.25, -0.2) is 15.0 Å². The van der Waals surface area contributed by atoms with E-state index >= 15 is 0 Å². The van der Waals surface area contributed by atoms with Gasteiger partial charge in [-0.1, -0.05) is 17.3 Å². The highest BCUT2D eigenvalue weighted by Crippen LogP contribution is 2.19. The van der Waals surface area contributed by atoms with Crippen LogP contribution in [0.1, 0.15) is 0 Å². The van der Waals surface area contributed by atoms with Gasteiger partial charge < -0.3 is 0 Å². The van der Waals surface area contributed by atoms with Gasteiger partial charge in [-0.2, -0.15) is 4.68 Å². The number of fused-ring (bicyclic) bond motifs is 2. The molecule has 3 heterocycles. The second-order valence-electron chi connectivity index (χ2n) is 4.06. The molecule has 0 aliphatic rings. The zero-order chi connectivity index (χ0) is 12.7. The molecule has 0 N–H and O–H groups in total. The normalized spacial score (nSPS) is 11.2. The van der Waals surface area contributed by atoms with Crippen molar-refractivity contribution < 1.29 is 0 Å². The maximum absolute atomic E-state index is 4.31. The summed E-state index contributed by atoms with van der Waals surface area (Å²) in [6.07, 6.45) is 3.19. The molecule has 3 aromatic heterocycles. The average Bonchev–Trinajstić information content (AvgIpc) is 2.90. The minimum absolute atomic E-state index is 0.645. The number of rotatable bonds is 1. The number of hydrogen-bond acceptors (Lipinski definition) is 5. The zero-order valence-corrected chi connectivity index (χ0v) is 9.80. The van der Waals surface area contributed by atoms with E-state index in [9.17, 15) is 0 Å². The molecule has 4 aromatic rings. The van der Waals surface area contributed by atoms with Crippen LogP contribution in [0.3, 0.4) is 0 Å². The SMILES string of the molecule is c1ccc2c(c1)nnn2-c1ncnc2ncccc12. The van der Waals surface area contributed by atoms with E-state index in [0.717, 1.165) is 16.4 Å². The van der Waals surface area contributed by atoms with E-state index in [1.165, 1.54) is 6.33 Å². The molecule has 0 amide bonds. The maximum atomic E-state index is 4.31. The van der Waals surface area contributed by atoms with E-state index in [4.69, 9.17) is 0 Å². The Morgan fingerprint density at radius 1 is 0.895 bits per heavy atom. The molecule has 0 spiro atoms. The van der Waals surface area contributed by atoms with Crippen LogP contribution < -0.4 is 0 Å². The summed E-state index contributed by atoms with van der Waals surface area (Å²) in [6.45, 7) is 0. The fourth-order valence-electron chi connectivity index (χ4n) is 2.08. The van der Waals surface area contributed by atoms with Crippen molar-refractivity contribution in [1.29, 1.82) is 0 Å². The standard InChI is InChI=1S/C13H8N6/c1-2-6-11-10(5-1)17-18-19(11)13-9-4-3-7-14-12(9)15-8-16-13/h1-8H. The number of benzene rings is 1. The van der Waals surface area contributed by atoms with Crippen LogP contribution in [0.5, 0.6) is 0 Å². The van der Waals surface area contributed by atoms with Crippen molar-refractivity contribution in [3.8, 4) is 5.82 Å². The minimum Gasteiger partial charge on any atom is -0.236 e. The monoisotopic (exact) mass is 248 g/mol. The van der Waals surface area contributed by atoms with Gasteiger partial charge in [0.1, 0.15) is 11.8 Å². The van der Waals surface area contributed by atoms with Crippen LogP contribution in [0.2, 0.25) is 0 Å². The van der Waals surface area contributed by atoms with Crippen LogP contribution in [0, 0.1) is 0 Å². The Morgan fingerprint density at radius 3 is 2.84 bits per heavy atom. The molecule has 0 atom stereocenters. The van der Waals surface area contributed by atoms with E-state index < -0.39 is 0 Å². The Morgan fingerprint density at radius 2 is 1.84 bits per heavy atom. The van der Waals surface area contributed by atoms with Crippen LogP contribution in [-0.2, 0) is 0 Å². The first-order chi connectivity index (χ1) is 9.43. The first-order valence-corrected chi connectivity index (χ1v) is 5.80. The Hall–Kier alpha value is -2.89. The molecule has 0 aliphatic carbocycles. The lowest BCUT2D eigenvalue weighted by molar-refractivity contribution is 0.804. The van der Waals surface area contributed by atoms with Gasteiger partial charge in [-0.15, -0.1) is 5.10 Å². The van der Waals surface area contributed by atoms with Crippen molar-refractivity contribution >= 4 is 22.1 Å². The van der Waals surface area contributed by atoms with Crippen LogP contribution in [-0.4, -0.2) is 29.9 Å². The van der Waals surface area contributed by atoms with Crippen molar-refractivity contribution in [2.45, 2.75) is 0 Å². The molecule has 0 aliphatic heterocycles. The van der Waals surface area contributed by atoms with Crippen LogP contribution in [0.15, 0.2) is 48.9 Å². The summed E-state index contributed by atoms with van der Waals surface area (Å²) in [4.78, 5) is 12.7. The zero-order valence-electron chi connectivity index (χ0n) is 9.80.